The second-order valence-electron chi connectivity index (χ2n) is 7.04. The minimum absolute atomic E-state index is 0.126. The molecule has 2 aromatic heterocycles. The summed E-state index contributed by atoms with van der Waals surface area (Å²) >= 11 is 0. The van der Waals surface area contributed by atoms with Gasteiger partial charge in [-0.15, -0.1) is 0 Å². The molecule has 0 amide bonds. The van der Waals surface area contributed by atoms with Gasteiger partial charge in [0.25, 0.3) is 0 Å². The summed E-state index contributed by atoms with van der Waals surface area (Å²) in [6, 6.07) is 21.0. The van der Waals surface area contributed by atoms with E-state index in [-0.39, 0.29) is 6.04 Å². The second-order valence-corrected chi connectivity index (χ2v) is 7.04. The molecule has 2 aromatic carbocycles. The van der Waals surface area contributed by atoms with Gasteiger partial charge in [-0.1, -0.05) is 30.3 Å². The lowest BCUT2D eigenvalue weighted by atomic mass is 10.1. The van der Waals surface area contributed by atoms with E-state index in [4.69, 9.17) is 4.74 Å². The summed E-state index contributed by atoms with van der Waals surface area (Å²) in [5.41, 5.74) is 4.39. The minimum atomic E-state index is 0.126. The molecule has 5 nitrogen and oxygen atoms in total. The monoisotopic (exact) mass is 372 g/mol. The first-order valence-corrected chi connectivity index (χ1v) is 9.32. The number of benzene rings is 2. The first-order chi connectivity index (χ1) is 13.6. The molecule has 4 aromatic rings. The topological polar surface area (TPSA) is 43.2 Å². The van der Waals surface area contributed by atoms with Crippen molar-refractivity contribution in [1.82, 2.24) is 14.5 Å². The Bertz CT molecular complexity index is 1090. The van der Waals surface area contributed by atoms with E-state index in [1.807, 2.05) is 37.2 Å². The summed E-state index contributed by atoms with van der Waals surface area (Å²) in [7, 11) is 5.70. The molecule has 142 valence electrons. The van der Waals surface area contributed by atoms with Crippen LogP contribution in [0.5, 0.6) is 5.75 Å². The number of aromatic nitrogens is 3. The molecule has 0 aliphatic rings. The maximum absolute atomic E-state index is 5.33. The van der Waals surface area contributed by atoms with Crippen LogP contribution < -0.4 is 9.64 Å². The zero-order valence-electron chi connectivity index (χ0n) is 16.6. The van der Waals surface area contributed by atoms with Gasteiger partial charge in [-0.3, -0.25) is 0 Å². The van der Waals surface area contributed by atoms with Crippen LogP contribution in [-0.2, 0) is 0 Å². The third-order valence-corrected chi connectivity index (χ3v) is 5.09. The van der Waals surface area contributed by atoms with Crippen LogP contribution in [0.4, 0.5) is 5.82 Å². The number of fused-ring (bicyclic) bond motifs is 1. The molecule has 0 N–H and O–H groups in total. The summed E-state index contributed by atoms with van der Waals surface area (Å²) in [6.07, 6.45) is 1.64. The van der Waals surface area contributed by atoms with Crippen molar-refractivity contribution in [1.29, 1.82) is 0 Å². The number of hydrogen-bond donors (Lipinski definition) is 0. The van der Waals surface area contributed by atoms with Crippen LogP contribution in [0, 0.1) is 0 Å². The summed E-state index contributed by atoms with van der Waals surface area (Å²) < 4.78 is 7.62. The fourth-order valence-electron chi connectivity index (χ4n) is 3.63. The van der Waals surface area contributed by atoms with E-state index in [1.165, 1.54) is 5.56 Å². The van der Waals surface area contributed by atoms with Gasteiger partial charge in [-0.25, -0.2) is 9.97 Å². The standard InChI is InChI=1S/C23H24N4O/c1-16(17-8-6-5-7-9-17)27-21(18-10-12-19(28-4)13-11-18)14-20-22(26(2)3)24-15-25-23(20)27/h5-16H,1-4H3. The van der Waals surface area contributed by atoms with Gasteiger partial charge in [0.1, 0.15) is 23.5 Å². The van der Waals surface area contributed by atoms with Crippen LogP contribution >= 0.6 is 0 Å². The van der Waals surface area contributed by atoms with E-state index in [0.717, 1.165) is 33.9 Å². The SMILES string of the molecule is COc1ccc(-c2cc3c(N(C)C)ncnc3n2C(C)c2ccccc2)cc1. The van der Waals surface area contributed by atoms with Crippen molar-refractivity contribution in [2.24, 2.45) is 0 Å². The number of methoxy groups -OCH3 is 1. The lowest BCUT2D eigenvalue weighted by Crippen LogP contribution is -2.12. The van der Waals surface area contributed by atoms with Gasteiger partial charge in [-0.2, -0.15) is 0 Å². The fourth-order valence-corrected chi connectivity index (χ4v) is 3.63. The van der Waals surface area contributed by atoms with Crippen molar-refractivity contribution in [3.05, 3.63) is 72.6 Å². The lowest BCUT2D eigenvalue weighted by molar-refractivity contribution is 0.415. The van der Waals surface area contributed by atoms with Gasteiger partial charge in [-0.05, 0) is 48.4 Å². The number of nitrogens with zero attached hydrogens (tertiary/aromatic N) is 4. The Labute approximate surface area is 165 Å². The minimum Gasteiger partial charge on any atom is -0.497 e. The largest absolute Gasteiger partial charge is 0.497 e. The van der Waals surface area contributed by atoms with Crippen molar-refractivity contribution in [3.63, 3.8) is 0 Å². The molecule has 0 saturated carbocycles. The number of anilines is 1. The van der Waals surface area contributed by atoms with Crippen LogP contribution in [0.2, 0.25) is 0 Å². The summed E-state index contributed by atoms with van der Waals surface area (Å²) in [6.45, 7) is 2.21. The van der Waals surface area contributed by atoms with Crippen molar-refractivity contribution >= 4 is 16.9 Å². The number of hydrogen-bond acceptors (Lipinski definition) is 4. The van der Waals surface area contributed by atoms with Gasteiger partial charge in [0, 0.05) is 14.1 Å². The average Bonchev–Trinajstić information content (AvgIpc) is 3.13. The summed E-state index contributed by atoms with van der Waals surface area (Å²) in [4.78, 5) is 11.2. The highest BCUT2D eigenvalue weighted by Crippen LogP contribution is 2.36. The van der Waals surface area contributed by atoms with Gasteiger partial charge in [0.15, 0.2) is 0 Å². The van der Waals surface area contributed by atoms with Crippen LogP contribution in [0.25, 0.3) is 22.3 Å². The van der Waals surface area contributed by atoms with E-state index in [0.29, 0.717) is 0 Å². The normalized spacial score (nSPS) is 12.1. The zero-order valence-corrected chi connectivity index (χ0v) is 16.6. The molecule has 1 unspecified atom stereocenters. The third kappa shape index (κ3) is 3.09. The Hall–Kier alpha value is -3.34. The zero-order chi connectivity index (χ0) is 19.7. The van der Waals surface area contributed by atoms with E-state index >= 15 is 0 Å². The number of ether oxygens (including phenoxy) is 1. The maximum Gasteiger partial charge on any atom is 0.146 e. The van der Waals surface area contributed by atoms with Crippen molar-refractivity contribution in [2.75, 3.05) is 26.1 Å². The molecule has 2 heterocycles. The van der Waals surface area contributed by atoms with Crippen LogP contribution in [0.3, 0.4) is 0 Å². The Morgan fingerprint density at radius 2 is 1.68 bits per heavy atom. The molecule has 0 aliphatic heterocycles. The predicted octanol–water partition coefficient (Wildman–Crippen LogP) is 4.78. The fraction of sp³-hybridized carbons (Fsp3) is 0.217. The molecule has 0 fully saturated rings. The summed E-state index contributed by atoms with van der Waals surface area (Å²) in [5, 5.41) is 1.04. The molecule has 0 bridgehead atoms. The Balaban J connectivity index is 1.97. The highest BCUT2D eigenvalue weighted by molar-refractivity contribution is 5.93. The molecule has 28 heavy (non-hydrogen) atoms. The Kier molecular flexibility index (Phi) is 4.74. The molecule has 4 rings (SSSR count). The molecular formula is C23H24N4O. The van der Waals surface area contributed by atoms with E-state index in [1.54, 1.807) is 13.4 Å². The molecule has 0 saturated heterocycles. The molecule has 0 aliphatic carbocycles. The quantitative estimate of drug-likeness (QED) is 0.505. The molecular weight excluding hydrogens is 348 g/mol. The molecule has 0 spiro atoms. The van der Waals surface area contributed by atoms with Gasteiger partial charge >= 0.3 is 0 Å². The van der Waals surface area contributed by atoms with Gasteiger partial charge in [0.05, 0.1) is 24.2 Å². The predicted molar refractivity (Wildman–Crippen MR) is 114 cm³/mol. The van der Waals surface area contributed by atoms with E-state index in [2.05, 4.69) is 63.9 Å². The van der Waals surface area contributed by atoms with Crippen LogP contribution in [-0.4, -0.2) is 35.7 Å². The van der Waals surface area contributed by atoms with Gasteiger partial charge < -0.3 is 14.2 Å². The molecule has 1 atom stereocenters. The smallest absolute Gasteiger partial charge is 0.146 e. The lowest BCUT2D eigenvalue weighted by Gasteiger charge is -2.19. The molecule has 5 heteroatoms. The highest BCUT2D eigenvalue weighted by Gasteiger charge is 2.20. The Morgan fingerprint density at radius 3 is 2.32 bits per heavy atom. The molecule has 0 radical (unpaired) electrons. The van der Waals surface area contributed by atoms with Crippen molar-refractivity contribution < 1.29 is 4.74 Å². The van der Waals surface area contributed by atoms with Crippen molar-refractivity contribution in [2.45, 2.75) is 13.0 Å². The highest BCUT2D eigenvalue weighted by atomic mass is 16.5. The first-order valence-electron chi connectivity index (χ1n) is 9.32. The van der Waals surface area contributed by atoms with E-state index < -0.39 is 0 Å². The van der Waals surface area contributed by atoms with Gasteiger partial charge in [0.2, 0.25) is 0 Å². The maximum atomic E-state index is 5.33. The Morgan fingerprint density at radius 1 is 0.964 bits per heavy atom. The van der Waals surface area contributed by atoms with E-state index in [9.17, 15) is 0 Å². The van der Waals surface area contributed by atoms with Crippen molar-refractivity contribution in [3.8, 4) is 17.0 Å². The first kappa shape index (κ1) is 18.0. The summed E-state index contributed by atoms with van der Waals surface area (Å²) in [5.74, 6) is 1.76. The number of rotatable bonds is 5. The van der Waals surface area contributed by atoms with Crippen LogP contribution in [0.15, 0.2) is 67.0 Å². The second kappa shape index (κ2) is 7.35. The van der Waals surface area contributed by atoms with Crippen LogP contribution in [0.1, 0.15) is 18.5 Å². The average molecular weight is 372 g/mol. The third-order valence-electron chi connectivity index (χ3n) is 5.09.